The van der Waals surface area contributed by atoms with E-state index in [4.69, 9.17) is 4.98 Å². The molecule has 1 saturated heterocycles. The van der Waals surface area contributed by atoms with E-state index >= 15 is 0 Å². The number of fused-ring (bicyclic) bond motifs is 1. The lowest BCUT2D eigenvalue weighted by Crippen LogP contribution is -2.29. The van der Waals surface area contributed by atoms with E-state index in [-0.39, 0.29) is 0 Å². The van der Waals surface area contributed by atoms with Crippen molar-refractivity contribution in [1.82, 2.24) is 25.1 Å². The molecule has 0 spiro atoms. The summed E-state index contributed by atoms with van der Waals surface area (Å²) < 4.78 is 2.15. The lowest BCUT2D eigenvalue weighted by atomic mass is 10.1. The molecule has 0 amide bonds. The van der Waals surface area contributed by atoms with Crippen LogP contribution in [0.15, 0.2) is 30.6 Å². The molecule has 0 atom stereocenters. The topological polar surface area (TPSA) is 55.6 Å². The molecule has 4 heterocycles. The summed E-state index contributed by atoms with van der Waals surface area (Å²) in [6.07, 6.45) is 7.13. The van der Waals surface area contributed by atoms with Crippen LogP contribution in [0.3, 0.4) is 0 Å². The van der Waals surface area contributed by atoms with Gasteiger partial charge in [-0.1, -0.05) is 6.92 Å². The van der Waals surface area contributed by atoms with Crippen LogP contribution >= 0.6 is 0 Å². The lowest BCUT2D eigenvalue weighted by Gasteiger charge is -2.23. The van der Waals surface area contributed by atoms with E-state index in [1.54, 1.807) is 0 Å². The van der Waals surface area contributed by atoms with E-state index in [9.17, 15) is 0 Å². The van der Waals surface area contributed by atoms with Gasteiger partial charge in [0.15, 0.2) is 0 Å². The van der Waals surface area contributed by atoms with Crippen molar-refractivity contribution in [2.75, 3.05) is 13.1 Å². The Hall–Kier alpha value is -2.27. The average Bonchev–Trinajstić information content (AvgIpc) is 3.05. The molecule has 0 aromatic carbocycles. The molecule has 0 aliphatic carbocycles. The molecule has 3 aromatic heterocycles. The van der Waals surface area contributed by atoms with Crippen molar-refractivity contribution >= 4 is 10.9 Å². The third kappa shape index (κ3) is 2.69. The fourth-order valence-electron chi connectivity index (χ4n) is 3.52. The molecule has 1 aliphatic heterocycles. The first-order valence-electron chi connectivity index (χ1n) is 8.77. The van der Waals surface area contributed by atoms with E-state index < -0.39 is 0 Å². The summed E-state index contributed by atoms with van der Waals surface area (Å²) in [4.78, 5) is 9.36. The van der Waals surface area contributed by atoms with E-state index in [2.05, 4.69) is 52.1 Å². The molecule has 124 valence electrons. The van der Waals surface area contributed by atoms with Crippen LogP contribution in [0.2, 0.25) is 0 Å². The second kappa shape index (κ2) is 6.32. The molecule has 4 rings (SSSR count). The van der Waals surface area contributed by atoms with Crippen LogP contribution in [-0.4, -0.2) is 32.8 Å². The van der Waals surface area contributed by atoms with Gasteiger partial charge in [0.25, 0.3) is 0 Å². The number of nitrogens with zero attached hydrogens (tertiary/aromatic N) is 4. The van der Waals surface area contributed by atoms with E-state index in [0.29, 0.717) is 6.04 Å². The zero-order chi connectivity index (χ0) is 16.5. The van der Waals surface area contributed by atoms with Gasteiger partial charge in [-0.3, -0.25) is 14.6 Å². The van der Waals surface area contributed by atoms with Gasteiger partial charge in [-0.15, -0.1) is 0 Å². The fourth-order valence-corrected chi connectivity index (χ4v) is 3.52. The van der Waals surface area contributed by atoms with E-state index in [1.807, 2.05) is 12.4 Å². The highest BCUT2D eigenvalue weighted by molar-refractivity contribution is 5.82. The molecule has 0 saturated carbocycles. The SMILES string of the molecule is CCc1ccc(-c2cc3cnn(C4CCNCC4)c3cn2)c(C)n1. The van der Waals surface area contributed by atoms with E-state index in [0.717, 1.165) is 65.9 Å². The maximum absolute atomic E-state index is 4.70. The Balaban J connectivity index is 1.71. The smallest absolute Gasteiger partial charge is 0.0869 e. The van der Waals surface area contributed by atoms with Gasteiger partial charge in [-0.2, -0.15) is 5.10 Å². The maximum Gasteiger partial charge on any atom is 0.0869 e. The van der Waals surface area contributed by atoms with Gasteiger partial charge in [0.05, 0.1) is 29.6 Å². The summed E-state index contributed by atoms with van der Waals surface area (Å²) in [5, 5.41) is 9.19. The minimum atomic E-state index is 0.476. The van der Waals surface area contributed by atoms with Crippen molar-refractivity contribution in [3.63, 3.8) is 0 Å². The number of aryl methyl sites for hydroxylation is 2. The van der Waals surface area contributed by atoms with Gasteiger partial charge in [0.2, 0.25) is 0 Å². The number of hydrogen-bond acceptors (Lipinski definition) is 4. The second-order valence-corrected chi connectivity index (χ2v) is 6.49. The molecule has 24 heavy (non-hydrogen) atoms. The predicted molar refractivity (Wildman–Crippen MR) is 96.0 cm³/mol. The van der Waals surface area contributed by atoms with Crippen LogP contribution in [0.1, 0.15) is 37.2 Å². The van der Waals surface area contributed by atoms with Crippen LogP contribution in [-0.2, 0) is 6.42 Å². The van der Waals surface area contributed by atoms with Crippen molar-refractivity contribution in [3.8, 4) is 11.3 Å². The van der Waals surface area contributed by atoms with Crippen molar-refractivity contribution in [3.05, 3.63) is 42.0 Å². The number of nitrogens with one attached hydrogen (secondary N) is 1. The summed E-state index contributed by atoms with van der Waals surface area (Å²) in [5.41, 5.74) is 5.35. The molecule has 1 N–H and O–H groups in total. The number of hydrogen-bond donors (Lipinski definition) is 1. The number of piperidine rings is 1. The molecule has 0 bridgehead atoms. The summed E-state index contributed by atoms with van der Waals surface area (Å²) >= 11 is 0. The summed E-state index contributed by atoms with van der Waals surface area (Å²) in [6, 6.07) is 6.83. The molecular weight excluding hydrogens is 298 g/mol. The number of rotatable bonds is 3. The Bertz CT molecular complexity index is 861. The van der Waals surface area contributed by atoms with Gasteiger partial charge in [0.1, 0.15) is 0 Å². The fraction of sp³-hybridized carbons (Fsp3) is 0.421. The Kier molecular flexibility index (Phi) is 4.02. The molecule has 1 aliphatic rings. The Morgan fingerprint density at radius 2 is 2.04 bits per heavy atom. The normalized spacial score (nSPS) is 15.9. The quantitative estimate of drug-likeness (QED) is 0.804. The highest BCUT2D eigenvalue weighted by Gasteiger charge is 2.18. The summed E-state index contributed by atoms with van der Waals surface area (Å²) in [6.45, 7) is 6.30. The van der Waals surface area contributed by atoms with Crippen molar-refractivity contribution in [1.29, 1.82) is 0 Å². The number of aromatic nitrogens is 4. The lowest BCUT2D eigenvalue weighted by molar-refractivity contribution is 0.351. The Morgan fingerprint density at radius 3 is 2.79 bits per heavy atom. The molecule has 0 radical (unpaired) electrons. The molecule has 5 nitrogen and oxygen atoms in total. The van der Waals surface area contributed by atoms with Crippen LogP contribution in [0.4, 0.5) is 0 Å². The maximum atomic E-state index is 4.70. The van der Waals surface area contributed by atoms with Crippen molar-refractivity contribution in [2.24, 2.45) is 0 Å². The first-order valence-corrected chi connectivity index (χ1v) is 8.77. The van der Waals surface area contributed by atoms with Crippen LogP contribution in [0.25, 0.3) is 22.2 Å². The van der Waals surface area contributed by atoms with E-state index in [1.165, 1.54) is 0 Å². The third-order valence-electron chi connectivity index (χ3n) is 4.92. The second-order valence-electron chi connectivity index (χ2n) is 6.49. The van der Waals surface area contributed by atoms with Crippen molar-refractivity contribution in [2.45, 2.75) is 39.2 Å². The highest BCUT2D eigenvalue weighted by atomic mass is 15.3. The van der Waals surface area contributed by atoms with Crippen LogP contribution in [0.5, 0.6) is 0 Å². The van der Waals surface area contributed by atoms with Crippen LogP contribution < -0.4 is 5.32 Å². The highest BCUT2D eigenvalue weighted by Crippen LogP contribution is 2.27. The Labute approximate surface area is 142 Å². The first-order chi connectivity index (χ1) is 11.8. The molecule has 0 unspecified atom stereocenters. The van der Waals surface area contributed by atoms with Gasteiger partial charge in [-0.05, 0) is 57.5 Å². The molecule has 1 fully saturated rings. The molecule has 3 aromatic rings. The average molecular weight is 321 g/mol. The third-order valence-corrected chi connectivity index (χ3v) is 4.92. The molecular formula is C19H23N5. The minimum absolute atomic E-state index is 0.476. The monoisotopic (exact) mass is 321 g/mol. The van der Waals surface area contributed by atoms with Crippen molar-refractivity contribution < 1.29 is 0 Å². The first kappa shape index (κ1) is 15.3. The van der Waals surface area contributed by atoms with Gasteiger partial charge >= 0.3 is 0 Å². The summed E-state index contributed by atoms with van der Waals surface area (Å²) in [7, 11) is 0. The summed E-state index contributed by atoms with van der Waals surface area (Å²) in [5.74, 6) is 0. The van der Waals surface area contributed by atoms with Gasteiger partial charge in [-0.25, -0.2) is 0 Å². The molecule has 5 heteroatoms. The number of pyridine rings is 2. The largest absolute Gasteiger partial charge is 0.317 e. The van der Waals surface area contributed by atoms with Crippen LogP contribution in [0, 0.1) is 6.92 Å². The standard InChI is InChI=1S/C19H23N5/c1-3-15-4-5-17(13(2)23-15)18-10-14-11-22-24(19(14)12-21-18)16-6-8-20-9-7-16/h4-5,10-12,16,20H,3,6-9H2,1-2H3. The van der Waals surface area contributed by atoms with Gasteiger partial charge < -0.3 is 5.32 Å². The Morgan fingerprint density at radius 1 is 1.21 bits per heavy atom. The zero-order valence-corrected chi connectivity index (χ0v) is 14.3. The predicted octanol–water partition coefficient (Wildman–Crippen LogP) is 3.29. The zero-order valence-electron chi connectivity index (χ0n) is 14.3. The van der Waals surface area contributed by atoms with Gasteiger partial charge in [0, 0.05) is 22.3 Å². The minimum Gasteiger partial charge on any atom is -0.317 e.